The van der Waals surface area contributed by atoms with Crippen molar-refractivity contribution in [1.82, 2.24) is 0 Å². The van der Waals surface area contributed by atoms with Gasteiger partial charge in [0.2, 0.25) is 0 Å². The third kappa shape index (κ3) is 12.1. The van der Waals surface area contributed by atoms with E-state index in [1.54, 1.807) is 0 Å². The van der Waals surface area contributed by atoms with Gasteiger partial charge in [0.1, 0.15) is 5.60 Å². The van der Waals surface area contributed by atoms with Crippen LogP contribution in [0.15, 0.2) is 0 Å². The SMILES string of the molecule is CC(=O)OC(C)(C)C.NC1CC1. The molecular weight excluding hydrogens is 154 g/mol. The number of hydrogen-bond acceptors (Lipinski definition) is 3. The van der Waals surface area contributed by atoms with Gasteiger partial charge >= 0.3 is 5.97 Å². The van der Waals surface area contributed by atoms with Gasteiger partial charge in [0.05, 0.1) is 0 Å². The molecule has 72 valence electrons. The van der Waals surface area contributed by atoms with Crippen molar-refractivity contribution in [3.63, 3.8) is 0 Å². The molecule has 1 aliphatic carbocycles. The fourth-order valence-corrected chi connectivity index (χ4v) is 0.527. The Morgan fingerprint density at radius 1 is 1.42 bits per heavy atom. The predicted molar refractivity (Wildman–Crippen MR) is 48.7 cm³/mol. The second kappa shape index (κ2) is 4.45. The highest BCUT2D eigenvalue weighted by Crippen LogP contribution is 2.13. The van der Waals surface area contributed by atoms with E-state index in [9.17, 15) is 4.79 Å². The zero-order chi connectivity index (χ0) is 9.78. The van der Waals surface area contributed by atoms with Crippen LogP contribution in [0.4, 0.5) is 0 Å². The first-order valence-corrected chi connectivity index (χ1v) is 4.26. The normalized spacial score (nSPS) is 16.1. The summed E-state index contributed by atoms with van der Waals surface area (Å²) in [6.07, 6.45) is 2.53. The number of rotatable bonds is 0. The van der Waals surface area contributed by atoms with Gasteiger partial charge in [-0.15, -0.1) is 0 Å². The van der Waals surface area contributed by atoms with Crippen molar-refractivity contribution in [2.24, 2.45) is 5.73 Å². The second-order valence-electron chi connectivity index (χ2n) is 4.04. The van der Waals surface area contributed by atoms with Crippen LogP contribution in [0.3, 0.4) is 0 Å². The number of carbonyl (C=O) groups is 1. The monoisotopic (exact) mass is 173 g/mol. The molecule has 1 rings (SSSR count). The maximum atomic E-state index is 10.2. The summed E-state index contributed by atoms with van der Waals surface area (Å²) >= 11 is 0. The van der Waals surface area contributed by atoms with Gasteiger partial charge in [0.15, 0.2) is 0 Å². The summed E-state index contributed by atoms with van der Waals surface area (Å²) in [7, 11) is 0. The number of carbonyl (C=O) groups excluding carboxylic acids is 1. The third-order valence-electron chi connectivity index (χ3n) is 1.07. The summed E-state index contributed by atoms with van der Waals surface area (Å²) in [6.45, 7) is 6.93. The van der Waals surface area contributed by atoms with Crippen LogP contribution < -0.4 is 5.73 Å². The molecule has 0 bridgehead atoms. The standard InChI is InChI=1S/C6H12O2.C3H7N/c1-5(7)8-6(2,3)4;4-3-1-2-3/h1-4H3;3H,1-2,4H2. The molecule has 0 saturated heterocycles. The minimum absolute atomic E-state index is 0.225. The second-order valence-corrected chi connectivity index (χ2v) is 4.04. The largest absolute Gasteiger partial charge is 0.460 e. The lowest BCUT2D eigenvalue weighted by molar-refractivity contribution is -0.151. The minimum Gasteiger partial charge on any atom is -0.460 e. The lowest BCUT2D eigenvalue weighted by Crippen LogP contribution is -2.21. The van der Waals surface area contributed by atoms with Crippen LogP contribution in [0.1, 0.15) is 40.5 Å². The minimum atomic E-state index is -0.328. The summed E-state index contributed by atoms with van der Waals surface area (Å²) in [5.41, 5.74) is 4.89. The molecule has 0 aromatic carbocycles. The first-order chi connectivity index (χ1) is 5.31. The van der Waals surface area contributed by atoms with Crippen LogP contribution in [0, 0.1) is 0 Å². The molecule has 12 heavy (non-hydrogen) atoms. The van der Waals surface area contributed by atoms with Crippen molar-refractivity contribution in [1.29, 1.82) is 0 Å². The average molecular weight is 173 g/mol. The van der Waals surface area contributed by atoms with Gasteiger partial charge in [0, 0.05) is 13.0 Å². The fraction of sp³-hybridized carbons (Fsp3) is 0.889. The quantitative estimate of drug-likeness (QED) is 0.564. The first-order valence-electron chi connectivity index (χ1n) is 4.26. The molecule has 1 fully saturated rings. The van der Waals surface area contributed by atoms with E-state index in [1.165, 1.54) is 19.8 Å². The highest BCUT2D eigenvalue weighted by molar-refractivity contribution is 5.66. The maximum Gasteiger partial charge on any atom is 0.303 e. The molecule has 1 saturated carbocycles. The van der Waals surface area contributed by atoms with Crippen LogP contribution in [0.2, 0.25) is 0 Å². The summed E-state index contributed by atoms with van der Waals surface area (Å²) in [6, 6.07) is 0.583. The Balaban J connectivity index is 0.000000247. The van der Waals surface area contributed by atoms with Crippen molar-refractivity contribution in [3.8, 4) is 0 Å². The molecule has 0 aliphatic heterocycles. The molecule has 2 N–H and O–H groups in total. The molecule has 3 nitrogen and oxygen atoms in total. The molecular formula is C9H19NO2. The molecule has 0 heterocycles. The molecule has 0 aromatic heterocycles. The van der Waals surface area contributed by atoms with E-state index in [0.717, 1.165) is 0 Å². The first kappa shape index (κ1) is 11.4. The highest BCUT2D eigenvalue weighted by atomic mass is 16.6. The number of ether oxygens (including phenoxy) is 1. The number of nitrogens with two attached hydrogens (primary N) is 1. The van der Waals surface area contributed by atoms with Gasteiger partial charge in [-0.1, -0.05) is 0 Å². The Morgan fingerprint density at radius 3 is 1.75 bits per heavy atom. The highest BCUT2D eigenvalue weighted by Gasteiger charge is 2.13. The number of hydrogen-bond donors (Lipinski definition) is 1. The molecule has 0 spiro atoms. The molecule has 0 amide bonds. The van der Waals surface area contributed by atoms with Crippen molar-refractivity contribution < 1.29 is 9.53 Å². The van der Waals surface area contributed by atoms with Gasteiger partial charge in [0.25, 0.3) is 0 Å². The predicted octanol–water partition coefficient (Wildman–Crippen LogP) is 1.46. The Morgan fingerprint density at radius 2 is 1.75 bits per heavy atom. The number of esters is 1. The summed E-state index contributed by atoms with van der Waals surface area (Å²) in [5.74, 6) is -0.225. The maximum absolute atomic E-state index is 10.2. The Hall–Kier alpha value is -0.570. The summed E-state index contributed by atoms with van der Waals surface area (Å²) < 4.78 is 4.80. The van der Waals surface area contributed by atoms with Gasteiger partial charge in [-0.2, -0.15) is 0 Å². The smallest absolute Gasteiger partial charge is 0.303 e. The zero-order valence-corrected chi connectivity index (χ0v) is 8.39. The van der Waals surface area contributed by atoms with E-state index in [1.807, 2.05) is 20.8 Å². The van der Waals surface area contributed by atoms with E-state index in [2.05, 4.69) is 0 Å². The van der Waals surface area contributed by atoms with Crippen LogP contribution in [-0.4, -0.2) is 17.6 Å². The molecule has 3 heteroatoms. The topological polar surface area (TPSA) is 52.3 Å². The summed E-state index contributed by atoms with van der Waals surface area (Å²) in [4.78, 5) is 10.2. The van der Waals surface area contributed by atoms with Crippen LogP contribution >= 0.6 is 0 Å². The van der Waals surface area contributed by atoms with Gasteiger partial charge < -0.3 is 10.5 Å². The van der Waals surface area contributed by atoms with Gasteiger partial charge in [-0.05, 0) is 33.6 Å². The lowest BCUT2D eigenvalue weighted by Gasteiger charge is -2.17. The van der Waals surface area contributed by atoms with Crippen molar-refractivity contribution in [2.45, 2.75) is 52.2 Å². The lowest BCUT2D eigenvalue weighted by atomic mass is 10.2. The van der Waals surface area contributed by atoms with E-state index >= 15 is 0 Å². The van der Waals surface area contributed by atoms with Crippen LogP contribution in [-0.2, 0) is 9.53 Å². The van der Waals surface area contributed by atoms with Crippen molar-refractivity contribution in [3.05, 3.63) is 0 Å². The van der Waals surface area contributed by atoms with E-state index in [0.29, 0.717) is 6.04 Å². The molecule has 0 atom stereocenters. The van der Waals surface area contributed by atoms with Crippen LogP contribution in [0.5, 0.6) is 0 Å². The average Bonchev–Trinajstić information content (AvgIpc) is 2.43. The fourth-order valence-electron chi connectivity index (χ4n) is 0.527. The van der Waals surface area contributed by atoms with E-state index in [4.69, 9.17) is 10.5 Å². The molecule has 0 radical (unpaired) electrons. The Bertz CT molecular complexity index is 145. The Labute approximate surface area is 74.3 Å². The summed E-state index contributed by atoms with van der Waals surface area (Å²) in [5, 5.41) is 0. The van der Waals surface area contributed by atoms with Crippen molar-refractivity contribution in [2.75, 3.05) is 0 Å². The molecule has 0 aromatic rings. The van der Waals surface area contributed by atoms with Crippen LogP contribution in [0.25, 0.3) is 0 Å². The van der Waals surface area contributed by atoms with E-state index < -0.39 is 0 Å². The van der Waals surface area contributed by atoms with Crippen molar-refractivity contribution >= 4 is 5.97 Å². The Kier molecular flexibility index (Phi) is 4.24. The van der Waals surface area contributed by atoms with Gasteiger partial charge in [-0.25, -0.2) is 0 Å². The third-order valence-corrected chi connectivity index (χ3v) is 1.07. The molecule has 0 unspecified atom stereocenters. The van der Waals surface area contributed by atoms with Gasteiger partial charge in [-0.3, -0.25) is 4.79 Å². The van der Waals surface area contributed by atoms with E-state index in [-0.39, 0.29) is 11.6 Å². The molecule has 1 aliphatic rings. The zero-order valence-electron chi connectivity index (χ0n) is 8.39.